The number of hydrogen-bond acceptors (Lipinski definition) is 3. The van der Waals surface area contributed by atoms with E-state index in [2.05, 4.69) is 15.5 Å². The Hall–Kier alpha value is -3.07. The number of anilines is 2. The van der Waals surface area contributed by atoms with Crippen molar-refractivity contribution in [3.8, 4) is 6.07 Å². The van der Waals surface area contributed by atoms with E-state index in [1.54, 1.807) is 36.4 Å². The monoisotopic (exact) mass is 338 g/mol. The predicted octanol–water partition coefficient (Wildman–Crippen LogP) is 3.35. The van der Waals surface area contributed by atoms with Crippen molar-refractivity contribution in [2.45, 2.75) is 6.42 Å². The predicted molar refractivity (Wildman–Crippen MR) is 94.9 cm³/mol. The lowest BCUT2D eigenvalue weighted by Gasteiger charge is -2.19. The highest BCUT2D eigenvalue weighted by Gasteiger charge is 2.23. The molecule has 0 bridgehead atoms. The molecular formula is C19H19FN4O. The Balaban J connectivity index is 1.46. The number of nitrogens with one attached hydrogen (secondary N) is 2. The van der Waals surface area contributed by atoms with Gasteiger partial charge in [0.1, 0.15) is 5.82 Å². The number of hydrogen-bond donors (Lipinski definition) is 2. The normalized spacial score (nSPS) is 16.3. The average Bonchev–Trinajstić information content (AvgIpc) is 3.10. The molecule has 0 unspecified atom stereocenters. The number of nitriles is 1. The third-order valence-corrected chi connectivity index (χ3v) is 4.28. The zero-order chi connectivity index (χ0) is 17.6. The maximum atomic E-state index is 13.0. The lowest BCUT2D eigenvalue weighted by molar-refractivity contribution is 0.250. The number of urea groups is 1. The van der Waals surface area contributed by atoms with Crippen LogP contribution in [0, 0.1) is 23.1 Å². The summed E-state index contributed by atoms with van der Waals surface area (Å²) in [6.07, 6.45) is 0.974. The molecule has 5 nitrogen and oxygen atoms in total. The van der Waals surface area contributed by atoms with Crippen molar-refractivity contribution in [3.05, 3.63) is 59.9 Å². The second kappa shape index (κ2) is 7.67. The molecule has 2 amide bonds. The maximum Gasteiger partial charge on any atom is 0.319 e. The Labute approximate surface area is 146 Å². The molecule has 1 saturated heterocycles. The molecule has 1 aliphatic heterocycles. The van der Waals surface area contributed by atoms with Gasteiger partial charge in [-0.25, -0.2) is 9.18 Å². The molecule has 0 spiro atoms. The van der Waals surface area contributed by atoms with E-state index < -0.39 is 0 Å². The topological polar surface area (TPSA) is 68.2 Å². The zero-order valence-electron chi connectivity index (χ0n) is 13.7. The van der Waals surface area contributed by atoms with Crippen molar-refractivity contribution in [2.75, 3.05) is 29.9 Å². The van der Waals surface area contributed by atoms with Crippen LogP contribution in [0.4, 0.5) is 20.6 Å². The third-order valence-electron chi connectivity index (χ3n) is 4.28. The molecule has 1 heterocycles. The van der Waals surface area contributed by atoms with Gasteiger partial charge < -0.3 is 15.5 Å². The third kappa shape index (κ3) is 4.48. The summed E-state index contributed by atoms with van der Waals surface area (Å²) in [6.45, 7) is 2.29. The number of nitrogens with zero attached hydrogens (tertiary/aromatic N) is 2. The molecule has 1 atom stereocenters. The summed E-state index contributed by atoms with van der Waals surface area (Å²) in [4.78, 5) is 14.2. The van der Waals surface area contributed by atoms with Gasteiger partial charge in [-0.15, -0.1) is 0 Å². The Kier molecular flexibility index (Phi) is 5.14. The highest BCUT2D eigenvalue weighted by molar-refractivity contribution is 5.89. The van der Waals surface area contributed by atoms with E-state index in [-0.39, 0.29) is 11.8 Å². The van der Waals surface area contributed by atoms with Crippen molar-refractivity contribution in [3.63, 3.8) is 0 Å². The van der Waals surface area contributed by atoms with Gasteiger partial charge >= 0.3 is 6.03 Å². The van der Waals surface area contributed by atoms with Crippen LogP contribution >= 0.6 is 0 Å². The fourth-order valence-electron chi connectivity index (χ4n) is 2.96. The van der Waals surface area contributed by atoms with E-state index in [4.69, 9.17) is 5.26 Å². The summed E-state index contributed by atoms with van der Waals surface area (Å²) in [5.74, 6) is 0.111. The van der Waals surface area contributed by atoms with Crippen LogP contribution in [0.3, 0.4) is 0 Å². The quantitative estimate of drug-likeness (QED) is 0.898. The molecule has 2 aromatic carbocycles. The molecule has 128 valence electrons. The van der Waals surface area contributed by atoms with Crippen LogP contribution in [0.1, 0.15) is 12.0 Å². The SMILES string of the molecule is N#Cc1cccc(NC(=O)NC[C@@H]2CCN(c3ccc(F)cc3)C2)c1. The van der Waals surface area contributed by atoms with Crippen LogP contribution in [0.2, 0.25) is 0 Å². The van der Waals surface area contributed by atoms with E-state index in [1.807, 2.05) is 6.07 Å². The second-order valence-electron chi connectivity index (χ2n) is 6.10. The summed E-state index contributed by atoms with van der Waals surface area (Å²) >= 11 is 0. The molecule has 0 aliphatic carbocycles. The number of amides is 2. The van der Waals surface area contributed by atoms with Crippen LogP contribution in [0.5, 0.6) is 0 Å². The molecule has 6 heteroatoms. The highest BCUT2D eigenvalue weighted by atomic mass is 19.1. The van der Waals surface area contributed by atoms with Crippen LogP contribution in [-0.4, -0.2) is 25.7 Å². The van der Waals surface area contributed by atoms with Gasteiger partial charge in [-0.05, 0) is 54.8 Å². The first-order valence-electron chi connectivity index (χ1n) is 8.19. The Morgan fingerprint density at radius 1 is 1.28 bits per heavy atom. The van der Waals surface area contributed by atoms with Crippen molar-refractivity contribution in [2.24, 2.45) is 5.92 Å². The number of halogens is 1. The van der Waals surface area contributed by atoms with Crippen LogP contribution in [0.15, 0.2) is 48.5 Å². The largest absolute Gasteiger partial charge is 0.371 e. The minimum absolute atomic E-state index is 0.238. The lowest BCUT2D eigenvalue weighted by Crippen LogP contribution is -2.34. The van der Waals surface area contributed by atoms with Crippen molar-refractivity contribution in [1.82, 2.24) is 5.32 Å². The first-order valence-corrected chi connectivity index (χ1v) is 8.19. The molecule has 2 aromatic rings. The summed E-state index contributed by atoms with van der Waals surface area (Å²) in [7, 11) is 0. The standard InChI is InChI=1S/C19H19FN4O/c20-16-4-6-18(7-5-16)24-9-8-15(13-24)12-22-19(25)23-17-3-1-2-14(10-17)11-21/h1-7,10,15H,8-9,12-13H2,(H2,22,23,25)/t15-/m0/s1. The van der Waals surface area contributed by atoms with Crippen molar-refractivity contribution >= 4 is 17.4 Å². The number of carbonyl (C=O) groups is 1. The molecule has 0 saturated carbocycles. The van der Waals surface area contributed by atoms with Crippen LogP contribution in [0.25, 0.3) is 0 Å². The van der Waals surface area contributed by atoms with E-state index >= 15 is 0 Å². The van der Waals surface area contributed by atoms with Gasteiger partial charge in [0.2, 0.25) is 0 Å². The minimum Gasteiger partial charge on any atom is -0.371 e. The Morgan fingerprint density at radius 3 is 2.84 bits per heavy atom. The molecule has 0 radical (unpaired) electrons. The first kappa shape index (κ1) is 16.8. The smallest absolute Gasteiger partial charge is 0.319 e. The molecule has 0 aromatic heterocycles. The molecule has 3 rings (SSSR count). The average molecular weight is 338 g/mol. The molecule has 1 aliphatic rings. The lowest BCUT2D eigenvalue weighted by atomic mass is 10.1. The van der Waals surface area contributed by atoms with Gasteiger partial charge in [0.25, 0.3) is 0 Å². The molecule has 1 fully saturated rings. The minimum atomic E-state index is -0.282. The van der Waals surface area contributed by atoms with E-state index in [0.29, 0.717) is 23.7 Å². The van der Waals surface area contributed by atoms with Gasteiger partial charge in [0, 0.05) is 31.0 Å². The van der Waals surface area contributed by atoms with E-state index in [1.165, 1.54) is 12.1 Å². The van der Waals surface area contributed by atoms with E-state index in [0.717, 1.165) is 25.2 Å². The number of benzene rings is 2. The Morgan fingerprint density at radius 2 is 2.08 bits per heavy atom. The molecule has 2 N–H and O–H groups in total. The van der Waals surface area contributed by atoms with Gasteiger partial charge in [0.05, 0.1) is 11.6 Å². The Bertz CT molecular complexity index is 785. The van der Waals surface area contributed by atoms with Gasteiger partial charge in [-0.1, -0.05) is 6.07 Å². The second-order valence-corrected chi connectivity index (χ2v) is 6.10. The van der Waals surface area contributed by atoms with Crippen molar-refractivity contribution in [1.29, 1.82) is 5.26 Å². The maximum absolute atomic E-state index is 13.0. The summed E-state index contributed by atoms with van der Waals surface area (Å²) in [5.41, 5.74) is 2.10. The van der Waals surface area contributed by atoms with Gasteiger partial charge in [0.15, 0.2) is 0 Å². The summed E-state index contributed by atoms with van der Waals surface area (Å²) < 4.78 is 13.0. The van der Waals surface area contributed by atoms with Crippen LogP contribution < -0.4 is 15.5 Å². The fraction of sp³-hybridized carbons (Fsp3) is 0.263. The number of carbonyl (C=O) groups excluding carboxylic acids is 1. The van der Waals surface area contributed by atoms with Crippen molar-refractivity contribution < 1.29 is 9.18 Å². The number of rotatable bonds is 4. The van der Waals surface area contributed by atoms with Crippen LogP contribution in [-0.2, 0) is 0 Å². The highest BCUT2D eigenvalue weighted by Crippen LogP contribution is 2.23. The zero-order valence-corrected chi connectivity index (χ0v) is 13.7. The summed E-state index contributed by atoms with van der Waals surface area (Å²) in [6, 6.07) is 15.0. The first-order chi connectivity index (χ1) is 12.1. The van der Waals surface area contributed by atoms with Gasteiger partial charge in [-0.2, -0.15) is 5.26 Å². The summed E-state index contributed by atoms with van der Waals surface area (Å²) in [5, 5.41) is 14.5. The van der Waals surface area contributed by atoms with E-state index in [9.17, 15) is 9.18 Å². The molecule has 25 heavy (non-hydrogen) atoms. The van der Waals surface area contributed by atoms with Gasteiger partial charge in [-0.3, -0.25) is 0 Å². The fourth-order valence-corrected chi connectivity index (χ4v) is 2.96. The molecular weight excluding hydrogens is 319 g/mol.